The Kier molecular flexibility index (Phi) is 6.21. The average molecular weight is 302 g/mol. The van der Waals surface area contributed by atoms with Gasteiger partial charge in [-0.25, -0.2) is 0 Å². The maximum Gasteiger partial charge on any atom is 0.222 e. The predicted octanol–water partition coefficient (Wildman–Crippen LogP) is 2.30. The second kappa shape index (κ2) is 8.15. The van der Waals surface area contributed by atoms with Crippen molar-refractivity contribution in [1.29, 1.82) is 10.5 Å². The van der Waals surface area contributed by atoms with Gasteiger partial charge in [-0.1, -0.05) is 6.92 Å². The van der Waals surface area contributed by atoms with Gasteiger partial charge >= 0.3 is 0 Å². The molecule has 0 unspecified atom stereocenters. The Hall–Kier alpha value is -1.59. The first-order valence-corrected chi connectivity index (χ1v) is 8.51. The zero-order valence-electron chi connectivity index (χ0n) is 13.5. The van der Waals surface area contributed by atoms with E-state index in [1.165, 1.54) is 0 Å². The zero-order valence-corrected chi connectivity index (χ0v) is 13.5. The summed E-state index contributed by atoms with van der Waals surface area (Å²) in [5, 5.41) is 18.0. The van der Waals surface area contributed by atoms with E-state index in [0.29, 0.717) is 31.3 Å². The Morgan fingerprint density at radius 2 is 1.95 bits per heavy atom. The normalized spacial score (nSPS) is 26.6. The van der Waals surface area contributed by atoms with Crippen molar-refractivity contribution in [2.75, 3.05) is 19.6 Å². The molecule has 5 heteroatoms. The molecule has 120 valence electrons. The van der Waals surface area contributed by atoms with Gasteiger partial charge in [-0.2, -0.15) is 10.5 Å². The van der Waals surface area contributed by atoms with Gasteiger partial charge in [-0.15, -0.1) is 0 Å². The summed E-state index contributed by atoms with van der Waals surface area (Å²) < 4.78 is 0. The molecule has 0 bridgehead atoms. The van der Waals surface area contributed by atoms with E-state index in [4.69, 9.17) is 5.26 Å². The monoisotopic (exact) mass is 302 g/mol. The van der Waals surface area contributed by atoms with Gasteiger partial charge in [0, 0.05) is 38.0 Å². The van der Waals surface area contributed by atoms with Gasteiger partial charge in [0.15, 0.2) is 0 Å². The van der Waals surface area contributed by atoms with Gasteiger partial charge in [0.1, 0.15) is 0 Å². The maximum absolute atomic E-state index is 12.1. The third-order valence-corrected chi connectivity index (χ3v) is 5.02. The molecule has 5 nitrogen and oxygen atoms in total. The van der Waals surface area contributed by atoms with Gasteiger partial charge < -0.3 is 4.90 Å². The quantitative estimate of drug-likeness (QED) is 0.754. The maximum atomic E-state index is 12.1. The molecule has 0 saturated carbocycles. The summed E-state index contributed by atoms with van der Waals surface area (Å²) >= 11 is 0. The van der Waals surface area contributed by atoms with E-state index in [2.05, 4.69) is 21.9 Å². The fourth-order valence-electron chi connectivity index (χ4n) is 3.94. The molecule has 2 fully saturated rings. The number of carbonyl (C=O) groups is 1. The standard InChI is InChI=1S/C17H26N4O/c1-2-17(22)21-11-5-8-16(21)15-7-4-10-20(15)13-14(12-19)6-3-9-18/h14-16H,2-8,10-11,13H2,1H3/t14-,15-,16-/m1/s1. The number of amides is 1. The minimum Gasteiger partial charge on any atom is -0.338 e. The highest BCUT2D eigenvalue weighted by Crippen LogP contribution is 2.31. The smallest absolute Gasteiger partial charge is 0.222 e. The summed E-state index contributed by atoms with van der Waals surface area (Å²) in [6.45, 7) is 4.57. The Morgan fingerprint density at radius 1 is 1.23 bits per heavy atom. The molecule has 2 aliphatic heterocycles. The number of hydrogen-bond acceptors (Lipinski definition) is 4. The molecule has 0 N–H and O–H groups in total. The second-order valence-electron chi connectivity index (χ2n) is 6.38. The molecule has 1 amide bonds. The van der Waals surface area contributed by atoms with Crippen LogP contribution in [0.5, 0.6) is 0 Å². The number of rotatable bonds is 6. The highest BCUT2D eigenvalue weighted by atomic mass is 16.2. The van der Waals surface area contributed by atoms with Gasteiger partial charge in [-0.05, 0) is 38.6 Å². The van der Waals surface area contributed by atoms with E-state index in [1.807, 2.05) is 6.92 Å². The predicted molar refractivity (Wildman–Crippen MR) is 83.6 cm³/mol. The molecule has 0 radical (unpaired) electrons. The van der Waals surface area contributed by atoms with Crippen molar-refractivity contribution in [3.05, 3.63) is 0 Å². The summed E-state index contributed by atoms with van der Waals surface area (Å²) in [6, 6.07) is 5.20. The van der Waals surface area contributed by atoms with Crippen molar-refractivity contribution in [3.63, 3.8) is 0 Å². The highest BCUT2D eigenvalue weighted by molar-refractivity contribution is 5.76. The number of likely N-dealkylation sites (tertiary alicyclic amines) is 2. The molecule has 0 aromatic heterocycles. The molecule has 2 aliphatic rings. The summed E-state index contributed by atoms with van der Waals surface area (Å²) in [5.41, 5.74) is 0. The van der Waals surface area contributed by atoms with E-state index < -0.39 is 0 Å². The summed E-state index contributed by atoms with van der Waals surface area (Å²) in [7, 11) is 0. The van der Waals surface area contributed by atoms with Crippen LogP contribution in [0.2, 0.25) is 0 Å². The molecule has 2 heterocycles. The molecule has 0 spiro atoms. The van der Waals surface area contributed by atoms with Crippen molar-refractivity contribution >= 4 is 5.91 Å². The van der Waals surface area contributed by atoms with Crippen molar-refractivity contribution in [2.24, 2.45) is 5.92 Å². The van der Waals surface area contributed by atoms with Crippen LogP contribution in [0.3, 0.4) is 0 Å². The van der Waals surface area contributed by atoms with Gasteiger partial charge in [0.05, 0.1) is 18.1 Å². The lowest BCUT2D eigenvalue weighted by Crippen LogP contribution is -2.49. The molecule has 2 saturated heterocycles. The van der Waals surface area contributed by atoms with Gasteiger partial charge in [-0.3, -0.25) is 9.69 Å². The van der Waals surface area contributed by atoms with Crippen LogP contribution in [0.1, 0.15) is 51.9 Å². The third-order valence-electron chi connectivity index (χ3n) is 5.02. The Balaban J connectivity index is 1.99. The van der Waals surface area contributed by atoms with Crippen LogP contribution >= 0.6 is 0 Å². The lowest BCUT2D eigenvalue weighted by Gasteiger charge is -2.35. The summed E-state index contributed by atoms with van der Waals surface area (Å²) in [4.78, 5) is 16.6. The topological polar surface area (TPSA) is 71.1 Å². The van der Waals surface area contributed by atoms with Crippen LogP contribution in [0, 0.1) is 28.6 Å². The first-order valence-electron chi connectivity index (χ1n) is 8.51. The Bertz CT molecular complexity index is 464. The van der Waals surface area contributed by atoms with Crippen LogP contribution < -0.4 is 0 Å². The highest BCUT2D eigenvalue weighted by Gasteiger charge is 2.39. The molecular weight excluding hydrogens is 276 g/mol. The first kappa shape index (κ1) is 16.8. The van der Waals surface area contributed by atoms with E-state index in [-0.39, 0.29) is 11.8 Å². The van der Waals surface area contributed by atoms with Gasteiger partial charge in [0.2, 0.25) is 5.91 Å². The van der Waals surface area contributed by atoms with Crippen molar-refractivity contribution in [2.45, 2.75) is 64.0 Å². The summed E-state index contributed by atoms with van der Waals surface area (Å²) in [6.07, 6.45) is 6.12. The molecule has 0 aromatic carbocycles. The van der Waals surface area contributed by atoms with Gasteiger partial charge in [0.25, 0.3) is 0 Å². The molecule has 22 heavy (non-hydrogen) atoms. The number of carbonyl (C=O) groups excluding carboxylic acids is 1. The van der Waals surface area contributed by atoms with E-state index >= 15 is 0 Å². The average Bonchev–Trinajstić information content (AvgIpc) is 3.18. The lowest BCUT2D eigenvalue weighted by atomic mass is 10.00. The largest absolute Gasteiger partial charge is 0.338 e. The van der Waals surface area contributed by atoms with Crippen molar-refractivity contribution < 1.29 is 4.79 Å². The molecular formula is C17H26N4O. The van der Waals surface area contributed by atoms with Crippen LogP contribution in [0.25, 0.3) is 0 Å². The molecule has 0 aliphatic carbocycles. The molecule has 0 aromatic rings. The van der Waals surface area contributed by atoms with Crippen LogP contribution in [0.15, 0.2) is 0 Å². The third kappa shape index (κ3) is 3.78. The van der Waals surface area contributed by atoms with E-state index in [0.717, 1.165) is 45.3 Å². The Morgan fingerprint density at radius 3 is 2.64 bits per heavy atom. The molecule has 2 rings (SSSR count). The van der Waals surface area contributed by atoms with Crippen molar-refractivity contribution in [1.82, 2.24) is 9.80 Å². The second-order valence-corrected chi connectivity index (χ2v) is 6.38. The minimum absolute atomic E-state index is 0.0722. The number of nitrogens with zero attached hydrogens (tertiary/aromatic N) is 4. The lowest BCUT2D eigenvalue weighted by molar-refractivity contribution is -0.132. The number of nitriles is 2. The van der Waals surface area contributed by atoms with E-state index in [1.54, 1.807) is 0 Å². The van der Waals surface area contributed by atoms with Crippen LogP contribution in [-0.4, -0.2) is 47.4 Å². The van der Waals surface area contributed by atoms with Crippen LogP contribution in [0.4, 0.5) is 0 Å². The Labute approximate surface area is 133 Å². The number of hydrogen-bond donors (Lipinski definition) is 0. The van der Waals surface area contributed by atoms with Crippen LogP contribution in [-0.2, 0) is 4.79 Å². The first-order chi connectivity index (χ1) is 10.7. The summed E-state index contributed by atoms with van der Waals surface area (Å²) in [5.74, 6) is 0.188. The van der Waals surface area contributed by atoms with Crippen molar-refractivity contribution in [3.8, 4) is 12.1 Å². The zero-order chi connectivity index (χ0) is 15.9. The fraction of sp³-hybridized carbons (Fsp3) is 0.824. The van der Waals surface area contributed by atoms with E-state index in [9.17, 15) is 10.1 Å². The molecule has 3 atom stereocenters. The fourth-order valence-corrected chi connectivity index (χ4v) is 3.94. The SMILES string of the molecule is CCC(=O)N1CCC[C@@H]1[C@H]1CCCN1C[C@@H](C#N)CCC#N. The minimum atomic E-state index is -0.0722.